The highest BCUT2D eigenvalue weighted by molar-refractivity contribution is 6.31. The van der Waals surface area contributed by atoms with Gasteiger partial charge in [-0.15, -0.1) is 0 Å². The van der Waals surface area contributed by atoms with Crippen molar-refractivity contribution in [2.45, 2.75) is 6.61 Å². The molecule has 3 nitrogen and oxygen atoms in total. The topological polar surface area (TPSA) is 59.1 Å². The van der Waals surface area contributed by atoms with Gasteiger partial charge in [0, 0.05) is 17.3 Å². The van der Waals surface area contributed by atoms with Crippen LogP contribution < -0.4 is 5.73 Å². The molecule has 3 aromatic rings. The predicted molar refractivity (Wildman–Crippen MR) is 90.4 cm³/mol. The normalized spacial score (nSPS) is 10.7. The maximum Gasteiger partial charge on any atom is 0.141 e. The van der Waals surface area contributed by atoms with Gasteiger partial charge in [0.05, 0.1) is 11.6 Å². The Bertz CT molecular complexity index is 850. The van der Waals surface area contributed by atoms with Gasteiger partial charge in [-0.2, -0.15) is 0 Å². The molecule has 0 saturated heterocycles. The fourth-order valence-corrected chi connectivity index (χ4v) is 2.51. The van der Waals surface area contributed by atoms with Gasteiger partial charge >= 0.3 is 0 Å². The lowest BCUT2D eigenvalue weighted by Gasteiger charge is -2.09. The van der Waals surface area contributed by atoms with E-state index in [0.29, 0.717) is 16.9 Å². The average molecular weight is 329 g/mol. The molecule has 0 bridgehead atoms. The van der Waals surface area contributed by atoms with E-state index in [0.717, 1.165) is 16.7 Å². The summed E-state index contributed by atoms with van der Waals surface area (Å²) >= 11 is 5.85. The minimum atomic E-state index is -0.474. The molecule has 23 heavy (non-hydrogen) atoms. The molecule has 2 aromatic carbocycles. The van der Waals surface area contributed by atoms with E-state index in [2.05, 4.69) is 4.98 Å². The maximum absolute atomic E-state index is 13.3. The number of aliphatic hydroxyl groups is 1. The van der Waals surface area contributed by atoms with Gasteiger partial charge in [-0.3, -0.25) is 0 Å². The number of rotatable bonds is 3. The molecule has 3 N–H and O–H groups in total. The van der Waals surface area contributed by atoms with Crippen LogP contribution in [0.1, 0.15) is 5.56 Å². The molecular formula is C18H14ClFN2O. The van der Waals surface area contributed by atoms with Crippen LogP contribution in [0.2, 0.25) is 5.02 Å². The highest BCUT2D eigenvalue weighted by Gasteiger charge is 2.09. The summed E-state index contributed by atoms with van der Waals surface area (Å²) in [5.74, 6) is -0.124. The second kappa shape index (κ2) is 6.36. The molecule has 0 saturated carbocycles. The molecule has 3 rings (SSSR count). The smallest absolute Gasteiger partial charge is 0.141 e. The van der Waals surface area contributed by atoms with Crippen molar-refractivity contribution in [2.24, 2.45) is 0 Å². The van der Waals surface area contributed by atoms with E-state index in [1.165, 1.54) is 12.1 Å². The van der Waals surface area contributed by atoms with E-state index in [1.807, 2.05) is 30.3 Å². The summed E-state index contributed by atoms with van der Waals surface area (Å²) in [5.41, 5.74) is 10.0. The maximum atomic E-state index is 13.3. The monoisotopic (exact) mass is 328 g/mol. The first-order chi connectivity index (χ1) is 11.1. The number of anilines is 1. The molecule has 0 unspecified atom stereocenters. The van der Waals surface area contributed by atoms with E-state index in [1.54, 1.807) is 12.3 Å². The summed E-state index contributed by atoms with van der Waals surface area (Å²) in [6.07, 6.45) is 1.68. The number of aliphatic hydroxyl groups excluding tert-OH is 1. The van der Waals surface area contributed by atoms with Crippen molar-refractivity contribution < 1.29 is 9.50 Å². The van der Waals surface area contributed by atoms with Crippen LogP contribution >= 0.6 is 11.6 Å². The number of hydrogen-bond donors (Lipinski definition) is 2. The largest absolute Gasteiger partial charge is 0.392 e. The Morgan fingerprint density at radius 3 is 2.35 bits per heavy atom. The van der Waals surface area contributed by atoms with Crippen molar-refractivity contribution in [1.82, 2.24) is 4.98 Å². The van der Waals surface area contributed by atoms with Gasteiger partial charge in [0.25, 0.3) is 0 Å². The third-order valence-electron chi connectivity index (χ3n) is 3.62. The van der Waals surface area contributed by atoms with Crippen molar-refractivity contribution in [3.8, 4) is 22.3 Å². The summed E-state index contributed by atoms with van der Waals surface area (Å²) in [7, 11) is 0. The summed E-state index contributed by atoms with van der Waals surface area (Å²) in [6, 6.07) is 13.8. The first-order valence-electron chi connectivity index (χ1n) is 6.99. The Kier molecular flexibility index (Phi) is 4.28. The van der Waals surface area contributed by atoms with E-state index in [4.69, 9.17) is 22.4 Å². The van der Waals surface area contributed by atoms with Gasteiger partial charge in [0.15, 0.2) is 0 Å². The van der Waals surface area contributed by atoms with E-state index in [-0.39, 0.29) is 11.6 Å². The second-order valence-corrected chi connectivity index (χ2v) is 5.55. The number of hydrogen-bond acceptors (Lipinski definition) is 3. The summed E-state index contributed by atoms with van der Waals surface area (Å²) in [5, 5.41) is 9.15. The van der Waals surface area contributed by atoms with Crippen LogP contribution in [0.25, 0.3) is 22.3 Å². The third-order valence-corrected chi connectivity index (χ3v) is 3.91. The van der Waals surface area contributed by atoms with Crippen molar-refractivity contribution >= 4 is 17.4 Å². The van der Waals surface area contributed by atoms with Crippen LogP contribution in [-0.2, 0) is 6.61 Å². The van der Waals surface area contributed by atoms with Crippen molar-refractivity contribution in [1.29, 1.82) is 0 Å². The minimum Gasteiger partial charge on any atom is -0.392 e. The number of nitrogens with zero attached hydrogens (tertiary/aromatic N) is 1. The molecular weight excluding hydrogens is 315 g/mol. The predicted octanol–water partition coefficient (Wildman–Crippen LogP) is 4.28. The standard InChI is InChI=1S/C18H14ClFN2O/c19-16-8-13(5-6-17(16)20)15-7-14(9-22-18(15)21)12-3-1-11(10-23)2-4-12/h1-9,23H,10H2,(H2,21,22). The molecule has 0 radical (unpaired) electrons. The Balaban J connectivity index is 2.06. The summed E-state index contributed by atoms with van der Waals surface area (Å²) in [4.78, 5) is 4.22. The molecule has 1 heterocycles. The summed E-state index contributed by atoms with van der Waals surface area (Å²) < 4.78 is 13.3. The van der Waals surface area contributed by atoms with Crippen molar-refractivity contribution in [3.05, 3.63) is 71.1 Å². The Morgan fingerprint density at radius 1 is 1.00 bits per heavy atom. The number of benzene rings is 2. The van der Waals surface area contributed by atoms with Gasteiger partial charge < -0.3 is 10.8 Å². The number of pyridine rings is 1. The zero-order chi connectivity index (χ0) is 16.4. The van der Waals surface area contributed by atoms with Gasteiger partial charge in [-0.05, 0) is 34.9 Å². The SMILES string of the molecule is Nc1ncc(-c2ccc(CO)cc2)cc1-c1ccc(F)c(Cl)c1. The molecule has 0 amide bonds. The number of nitrogen functional groups attached to an aromatic ring is 1. The van der Waals surface area contributed by atoms with Crippen LogP contribution in [0.3, 0.4) is 0 Å². The molecule has 0 fully saturated rings. The van der Waals surface area contributed by atoms with Gasteiger partial charge in [-0.25, -0.2) is 9.37 Å². The number of aromatic nitrogens is 1. The van der Waals surface area contributed by atoms with Crippen LogP contribution in [0.5, 0.6) is 0 Å². The van der Waals surface area contributed by atoms with Gasteiger partial charge in [-0.1, -0.05) is 41.9 Å². The van der Waals surface area contributed by atoms with Crippen molar-refractivity contribution in [2.75, 3.05) is 5.73 Å². The molecule has 0 spiro atoms. The molecule has 1 aromatic heterocycles. The number of nitrogens with two attached hydrogens (primary N) is 1. The fourth-order valence-electron chi connectivity index (χ4n) is 2.33. The highest BCUT2D eigenvalue weighted by atomic mass is 35.5. The van der Waals surface area contributed by atoms with Gasteiger partial charge in [0.2, 0.25) is 0 Å². The van der Waals surface area contributed by atoms with Crippen LogP contribution in [0, 0.1) is 5.82 Å². The van der Waals surface area contributed by atoms with E-state index >= 15 is 0 Å². The lowest BCUT2D eigenvalue weighted by molar-refractivity contribution is 0.282. The minimum absolute atomic E-state index is 0.000400. The van der Waals surface area contributed by atoms with Crippen molar-refractivity contribution in [3.63, 3.8) is 0 Å². The molecule has 0 aliphatic rings. The summed E-state index contributed by atoms with van der Waals surface area (Å²) in [6.45, 7) is -0.000400. The van der Waals surface area contributed by atoms with Crippen LogP contribution in [-0.4, -0.2) is 10.1 Å². The Labute approximate surface area is 138 Å². The zero-order valence-electron chi connectivity index (χ0n) is 12.1. The van der Waals surface area contributed by atoms with E-state index in [9.17, 15) is 4.39 Å². The van der Waals surface area contributed by atoms with Crippen LogP contribution in [0.4, 0.5) is 10.2 Å². The van der Waals surface area contributed by atoms with Gasteiger partial charge in [0.1, 0.15) is 11.6 Å². The molecule has 116 valence electrons. The first-order valence-corrected chi connectivity index (χ1v) is 7.37. The molecule has 0 aliphatic heterocycles. The highest BCUT2D eigenvalue weighted by Crippen LogP contribution is 2.31. The molecule has 5 heteroatoms. The fraction of sp³-hybridized carbons (Fsp3) is 0.0556. The Morgan fingerprint density at radius 2 is 1.70 bits per heavy atom. The first kappa shape index (κ1) is 15.5. The molecule has 0 atom stereocenters. The lowest BCUT2D eigenvalue weighted by atomic mass is 10.0. The van der Waals surface area contributed by atoms with E-state index < -0.39 is 5.82 Å². The number of halogens is 2. The zero-order valence-corrected chi connectivity index (χ0v) is 12.9. The molecule has 0 aliphatic carbocycles. The second-order valence-electron chi connectivity index (χ2n) is 5.14. The lowest BCUT2D eigenvalue weighted by Crippen LogP contribution is -1.95. The third kappa shape index (κ3) is 3.18. The Hall–Kier alpha value is -2.43. The quantitative estimate of drug-likeness (QED) is 0.754. The average Bonchev–Trinajstić information content (AvgIpc) is 2.58. The van der Waals surface area contributed by atoms with Crippen LogP contribution in [0.15, 0.2) is 54.7 Å².